The van der Waals surface area contributed by atoms with E-state index in [1.54, 1.807) is 42.5 Å². The summed E-state index contributed by atoms with van der Waals surface area (Å²) in [5.74, 6) is 1.45. The van der Waals surface area contributed by atoms with E-state index in [1.807, 2.05) is 12.1 Å². The van der Waals surface area contributed by atoms with Crippen molar-refractivity contribution in [2.45, 2.75) is 6.61 Å². The quantitative estimate of drug-likeness (QED) is 0.455. The first-order valence-corrected chi connectivity index (χ1v) is 9.99. The number of ether oxygens (including phenoxy) is 4. The zero-order chi connectivity index (χ0) is 22.4. The number of hydrogen-bond acceptors (Lipinski definition) is 5. The lowest BCUT2D eigenvalue weighted by molar-refractivity contribution is 0.102. The molecule has 3 aromatic rings. The van der Waals surface area contributed by atoms with Crippen molar-refractivity contribution in [2.75, 3.05) is 26.6 Å². The maximum absolute atomic E-state index is 12.8. The van der Waals surface area contributed by atoms with Gasteiger partial charge in [-0.25, -0.2) is 0 Å². The Kier molecular flexibility index (Phi) is 7.50. The number of nitrogens with one attached hydrogen (secondary N) is 1. The number of rotatable bonds is 8. The summed E-state index contributed by atoms with van der Waals surface area (Å²) in [7, 11) is 4.51. The summed E-state index contributed by atoms with van der Waals surface area (Å²) >= 11 is 12.1. The maximum Gasteiger partial charge on any atom is 0.255 e. The summed E-state index contributed by atoms with van der Waals surface area (Å²) in [6.07, 6.45) is 0. The molecule has 0 atom stereocenters. The molecule has 0 fully saturated rings. The summed E-state index contributed by atoms with van der Waals surface area (Å²) < 4.78 is 21.7. The lowest BCUT2D eigenvalue weighted by atomic mass is 10.1. The highest BCUT2D eigenvalue weighted by molar-refractivity contribution is 6.32. The average molecular weight is 462 g/mol. The van der Waals surface area contributed by atoms with Gasteiger partial charge in [-0.2, -0.15) is 0 Å². The Balaban J connectivity index is 1.76. The Morgan fingerprint density at radius 2 is 1.48 bits per heavy atom. The van der Waals surface area contributed by atoms with E-state index in [4.69, 9.17) is 42.1 Å². The van der Waals surface area contributed by atoms with Gasteiger partial charge in [0.05, 0.1) is 32.0 Å². The van der Waals surface area contributed by atoms with Crippen LogP contribution in [0.5, 0.6) is 23.0 Å². The van der Waals surface area contributed by atoms with Crippen molar-refractivity contribution in [1.29, 1.82) is 0 Å². The molecule has 0 aliphatic heterocycles. The van der Waals surface area contributed by atoms with Gasteiger partial charge in [0, 0.05) is 16.7 Å². The Morgan fingerprint density at radius 1 is 0.806 bits per heavy atom. The highest BCUT2D eigenvalue weighted by Gasteiger charge is 2.16. The molecule has 0 aliphatic carbocycles. The maximum atomic E-state index is 12.8. The molecule has 6 nitrogen and oxygen atoms in total. The van der Waals surface area contributed by atoms with E-state index in [-0.39, 0.29) is 5.91 Å². The summed E-state index contributed by atoms with van der Waals surface area (Å²) in [5.41, 5.74) is 1.75. The van der Waals surface area contributed by atoms with Crippen molar-refractivity contribution in [3.8, 4) is 23.0 Å². The van der Waals surface area contributed by atoms with Crippen molar-refractivity contribution in [2.24, 2.45) is 0 Å². The van der Waals surface area contributed by atoms with Crippen molar-refractivity contribution >= 4 is 34.8 Å². The molecular formula is C23H21Cl2NO5. The Morgan fingerprint density at radius 3 is 2.13 bits per heavy atom. The van der Waals surface area contributed by atoms with Gasteiger partial charge in [-0.3, -0.25) is 4.79 Å². The lowest BCUT2D eigenvalue weighted by Gasteiger charge is -2.14. The van der Waals surface area contributed by atoms with Gasteiger partial charge in [0.1, 0.15) is 18.1 Å². The van der Waals surface area contributed by atoms with Crippen molar-refractivity contribution < 1.29 is 23.7 Å². The highest BCUT2D eigenvalue weighted by Crippen LogP contribution is 2.36. The van der Waals surface area contributed by atoms with Gasteiger partial charge in [-0.15, -0.1) is 0 Å². The van der Waals surface area contributed by atoms with E-state index in [1.165, 1.54) is 21.3 Å². The molecule has 0 unspecified atom stereocenters. The molecule has 162 valence electrons. The standard InChI is InChI=1S/C23H21Cl2NO5/c1-28-20-12-21(29-2)18(11-17(20)25)26-23(27)15-6-9-19(22(10-15)30-3)31-13-14-4-7-16(24)8-5-14/h4-12H,13H2,1-3H3,(H,26,27). The van der Waals surface area contributed by atoms with E-state index in [0.29, 0.717) is 50.9 Å². The largest absolute Gasteiger partial charge is 0.495 e. The van der Waals surface area contributed by atoms with E-state index in [9.17, 15) is 4.79 Å². The van der Waals surface area contributed by atoms with Crippen molar-refractivity contribution in [3.05, 3.63) is 75.8 Å². The summed E-state index contributed by atoms with van der Waals surface area (Å²) in [4.78, 5) is 12.8. The minimum absolute atomic E-state index is 0.334. The van der Waals surface area contributed by atoms with Gasteiger partial charge in [0.15, 0.2) is 11.5 Å². The molecule has 1 amide bonds. The first-order chi connectivity index (χ1) is 14.9. The molecule has 0 saturated carbocycles. The molecule has 3 rings (SSSR count). The molecule has 0 bridgehead atoms. The number of carbonyl (C=O) groups excluding carboxylic acids is 1. The van der Waals surface area contributed by atoms with Crippen LogP contribution in [0.4, 0.5) is 5.69 Å². The third kappa shape index (κ3) is 5.54. The van der Waals surface area contributed by atoms with Crippen LogP contribution in [-0.2, 0) is 6.61 Å². The number of halogens is 2. The van der Waals surface area contributed by atoms with Gasteiger partial charge < -0.3 is 24.3 Å². The van der Waals surface area contributed by atoms with Crippen LogP contribution in [0.2, 0.25) is 10.0 Å². The predicted octanol–water partition coefficient (Wildman–Crippen LogP) is 5.85. The van der Waals surface area contributed by atoms with E-state index < -0.39 is 0 Å². The van der Waals surface area contributed by atoms with Gasteiger partial charge in [-0.1, -0.05) is 35.3 Å². The zero-order valence-corrected chi connectivity index (χ0v) is 18.7. The third-order valence-corrected chi connectivity index (χ3v) is 5.00. The molecule has 0 aliphatic rings. The van der Waals surface area contributed by atoms with Crippen LogP contribution >= 0.6 is 23.2 Å². The van der Waals surface area contributed by atoms with Crippen LogP contribution in [0.1, 0.15) is 15.9 Å². The molecule has 3 aromatic carbocycles. The minimum Gasteiger partial charge on any atom is -0.495 e. The van der Waals surface area contributed by atoms with Gasteiger partial charge in [0.25, 0.3) is 5.91 Å². The fourth-order valence-electron chi connectivity index (χ4n) is 2.82. The normalized spacial score (nSPS) is 10.4. The number of amides is 1. The van der Waals surface area contributed by atoms with Crippen LogP contribution in [0.25, 0.3) is 0 Å². The molecule has 1 N–H and O–H groups in total. The molecule has 0 radical (unpaired) electrons. The summed E-state index contributed by atoms with van der Waals surface area (Å²) in [5, 5.41) is 3.80. The summed E-state index contributed by atoms with van der Waals surface area (Å²) in [6, 6.07) is 15.5. The molecule has 0 aromatic heterocycles. The smallest absolute Gasteiger partial charge is 0.255 e. The number of methoxy groups -OCH3 is 3. The third-order valence-electron chi connectivity index (χ3n) is 4.46. The van der Waals surface area contributed by atoms with Crippen LogP contribution in [0.15, 0.2) is 54.6 Å². The second-order valence-corrected chi connectivity index (χ2v) is 7.27. The molecule has 0 spiro atoms. The van der Waals surface area contributed by atoms with Crippen molar-refractivity contribution in [3.63, 3.8) is 0 Å². The minimum atomic E-state index is -0.359. The molecule has 0 heterocycles. The number of carbonyl (C=O) groups is 1. The SMILES string of the molecule is COc1cc(OC)c(NC(=O)c2ccc(OCc3ccc(Cl)cc3)c(OC)c2)cc1Cl. The van der Waals surface area contributed by atoms with Gasteiger partial charge in [0.2, 0.25) is 0 Å². The Bertz CT molecular complexity index is 1070. The van der Waals surface area contributed by atoms with Crippen LogP contribution < -0.4 is 24.3 Å². The van der Waals surface area contributed by atoms with E-state index in [0.717, 1.165) is 5.56 Å². The first kappa shape index (κ1) is 22.6. The number of anilines is 1. The predicted molar refractivity (Wildman–Crippen MR) is 121 cm³/mol. The second-order valence-electron chi connectivity index (χ2n) is 6.42. The van der Waals surface area contributed by atoms with Crippen LogP contribution in [-0.4, -0.2) is 27.2 Å². The number of hydrogen-bond donors (Lipinski definition) is 1. The first-order valence-electron chi connectivity index (χ1n) is 9.23. The van der Waals surface area contributed by atoms with Crippen molar-refractivity contribution in [1.82, 2.24) is 0 Å². The zero-order valence-electron chi connectivity index (χ0n) is 17.2. The monoisotopic (exact) mass is 461 g/mol. The molecule has 0 saturated heterocycles. The fourth-order valence-corrected chi connectivity index (χ4v) is 3.19. The van der Waals surface area contributed by atoms with Gasteiger partial charge >= 0.3 is 0 Å². The molecular weight excluding hydrogens is 441 g/mol. The lowest BCUT2D eigenvalue weighted by Crippen LogP contribution is -2.13. The Hall–Kier alpha value is -3.09. The fraction of sp³-hybridized carbons (Fsp3) is 0.174. The van der Waals surface area contributed by atoms with Crippen LogP contribution in [0.3, 0.4) is 0 Å². The second kappa shape index (κ2) is 10.3. The highest BCUT2D eigenvalue weighted by atomic mass is 35.5. The molecule has 8 heteroatoms. The van der Waals surface area contributed by atoms with Crippen LogP contribution in [0, 0.1) is 0 Å². The van der Waals surface area contributed by atoms with E-state index >= 15 is 0 Å². The van der Waals surface area contributed by atoms with E-state index in [2.05, 4.69) is 5.32 Å². The average Bonchev–Trinajstić information content (AvgIpc) is 2.78. The Labute approximate surface area is 190 Å². The summed E-state index contributed by atoms with van der Waals surface area (Å²) in [6.45, 7) is 0.334. The molecule has 31 heavy (non-hydrogen) atoms. The topological polar surface area (TPSA) is 66.0 Å². The number of benzene rings is 3. The van der Waals surface area contributed by atoms with Gasteiger partial charge in [-0.05, 0) is 42.0 Å².